The first-order valence-corrected chi connectivity index (χ1v) is 13.6. The summed E-state index contributed by atoms with van der Waals surface area (Å²) in [6, 6.07) is 13.0. The van der Waals surface area contributed by atoms with E-state index in [0.717, 1.165) is 25.2 Å². The summed E-state index contributed by atoms with van der Waals surface area (Å²) in [4.78, 5) is 24.5. The summed E-state index contributed by atoms with van der Waals surface area (Å²) >= 11 is 0. The third-order valence-electron chi connectivity index (χ3n) is 8.04. The molecule has 0 radical (unpaired) electrons. The molecule has 2 saturated heterocycles. The van der Waals surface area contributed by atoms with Crippen LogP contribution >= 0.6 is 0 Å². The molecule has 9 nitrogen and oxygen atoms in total. The van der Waals surface area contributed by atoms with E-state index in [1.165, 1.54) is 16.7 Å². The van der Waals surface area contributed by atoms with E-state index in [4.69, 9.17) is 4.74 Å². The number of fused-ring (bicyclic) bond motifs is 1. The number of alkyl halides is 3. The van der Waals surface area contributed by atoms with E-state index in [9.17, 15) is 23.2 Å². The van der Waals surface area contributed by atoms with Gasteiger partial charge in [0.15, 0.2) is 0 Å². The van der Waals surface area contributed by atoms with Gasteiger partial charge in [0.1, 0.15) is 23.0 Å². The van der Waals surface area contributed by atoms with Crippen LogP contribution < -0.4 is 15.2 Å². The number of nitriles is 1. The van der Waals surface area contributed by atoms with Crippen molar-refractivity contribution in [3.63, 3.8) is 0 Å². The Bertz CT molecular complexity index is 1480. The maximum absolute atomic E-state index is 13.0. The Morgan fingerprint density at radius 3 is 2.51 bits per heavy atom. The van der Waals surface area contributed by atoms with Crippen molar-refractivity contribution in [2.24, 2.45) is 7.05 Å². The third kappa shape index (κ3) is 6.32. The van der Waals surface area contributed by atoms with Gasteiger partial charge in [-0.3, -0.25) is 14.6 Å². The molecule has 0 amide bonds. The molecule has 1 unspecified atom stereocenters. The lowest BCUT2D eigenvalue weighted by Crippen LogP contribution is -2.61. The standard InChI is InChI=1S/C29H33F3N6O3/c1-19-16-38(20(2)21-4-7-24(8-5-21)41-29(30,31)32)23(17-36-10-12-40-13-11-36)18-37(19)26-14-27(39)35(3)25-9-6-22(15-33)34-28(25)26/h4-9,14,19-20,23H,10-13,16-18H2,1-3H3/t19-,20?,23+/m0/s1. The second-order valence-electron chi connectivity index (χ2n) is 10.7. The fourth-order valence-electron chi connectivity index (χ4n) is 5.85. The summed E-state index contributed by atoms with van der Waals surface area (Å²) < 4.78 is 49.2. The van der Waals surface area contributed by atoms with Gasteiger partial charge >= 0.3 is 6.36 Å². The Morgan fingerprint density at radius 2 is 1.85 bits per heavy atom. The van der Waals surface area contributed by atoms with Crippen LogP contribution in [-0.2, 0) is 11.8 Å². The van der Waals surface area contributed by atoms with Crippen molar-refractivity contribution >= 4 is 16.7 Å². The number of aromatic nitrogens is 2. The molecule has 3 atom stereocenters. The highest BCUT2D eigenvalue weighted by Gasteiger charge is 2.37. The predicted molar refractivity (Wildman–Crippen MR) is 148 cm³/mol. The first kappa shape index (κ1) is 28.9. The first-order valence-electron chi connectivity index (χ1n) is 13.6. The van der Waals surface area contributed by atoms with Crippen LogP contribution in [0.1, 0.15) is 31.1 Å². The fourth-order valence-corrected chi connectivity index (χ4v) is 5.85. The van der Waals surface area contributed by atoms with Gasteiger partial charge in [-0.25, -0.2) is 4.98 Å². The number of rotatable bonds is 6. The number of anilines is 1. The first-order chi connectivity index (χ1) is 19.5. The van der Waals surface area contributed by atoms with Crippen molar-refractivity contribution in [1.82, 2.24) is 19.4 Å². The average Bonchev–Trinajstić information content (AvgIpc) is 2.95. The Morgan fingerprint density at radius 1 is 1.15 bits per heavy atom. The molecule has 3 aromatic rings. The van der Waals surface area contributed by atoms with Gasteiger partial charge in [0.25, 0.3) is 5.56 Å². The number of pyridine rings is 2. The van der Waals surface area contributed by atoms with Crippen molar-refractivity contribution in [3.05, 3.63) is 64.1 Å². The summed E-state index contributed by atoms with van der Waals surface area (Å²) in [5.41, 5.74) is 2.95. The van der Waals surface area contributed by atoms with Crippen molar-refractivity contribution in [2.45, 2.75) is 38.3 Å². The predicted octanol–water partition coefficient (Wildman–Crippen LogP) is 3.68. The number of piperazine rings is 1. The summed E-state index contributed by atoms with van der Waals surface area (Å²) in [5.74, 6) is -0.252. The topological polar surface area (TPSA) is 86.9 Å². The Hall–Kier alpha value is -3.66. The van der Waals surface area contributed by atoms with Gasteiger partial charge in [-0.05, 0) is 43.7 Å². The van der Waals surface area contributed by atoms with E-state index in [0.29, 0.717) is 43.0 Å². The van der Waals surface area contributed by atoms with Gasteiger partial charge < -0.3 is 18.9 Å². The normalized spacial score (nSPS) is 21.5. The van der Waals surface area contributed by atoms with Gasteiger partial charge in [-0.1, -0.05) is 12.1 Å². The summed E-state index contributed by atoms with van der Waals surface area (Å²) in [6.45, 7) is 9.06. The molecular weight excluding hydrogens is 537 g/mol. The molecule has 218 valence electrons. The quantitative estimate of drug-likeness (QED) is 0.444. The molecule has 41 heavy (non-hydrogen) atoms. The highest BCUT2D eigenvalue weighted by atomic mass is 19.4. The van der Waals surface area contributed by atoms with Crippen LogP contribution in [0.4, 0.5) is 18.9 Å². The molecule has 0 N–H and O–H groups in total. The average molecular weight is 571 g/mol. The van der Waals surface area contributed by atoms with Crippen LogP contribution in [0, 0.1) is 11.3 Å². The molecule has 1 aromatic carbocycles. The molecule has 0 spiro atoms. The fraction of sp³-hybridized carbons (Fsp3) is 0.483. The number of hydrogen-bond donors (Lipinski definition) is 0. The lowest BCUT2D eigenvalue weighted by molar-refractivity contribution is -0.274. The van der Waals surface area contributed by atoms with E-state index >= 15 is 0 Å². The zero-order valence-electron chi connectivity index (χ0n) is 23.3. The molecule has 4 heterocycles. The zero-order valence-corrected chi connectivity index (χ0v) is 23.3. The highest BCUT2D eigenvalue weighted by Crippen LogP contribution is 2.34. The lowest BCUT2D eigenvalue weighted by atomic mass is 9.98. The van der Waals surface area contributed by atoms with Gasteiger partial charge in [-0.15, -0.1) is 13.2 Å². The molecule has 2 fully saturated rings. The number of benzene rings is 1. The summed E-state index contributed by atoms with van der Waals surface area (Å²) in [6.07, 6.45) is -4.74. The number of hydrogen-bond acceptors (Lipinski definition) is 8. The van der Waals surface area contributed by atoms with E-state index < -0.39 is 6.36 Å². The largest absolute Gasteiger partial charge is 0.573 e. The summed E-state index contributed by atoms with van der Waals surface area (Å²) in [7, 11) is 1.69. The smallest absolute Gasteiger partial charge is 0.406 e. The number of aryl methyl sites for hydroxylation is 1. The molecule has 0 aliphatic carbocycles. The van der Waals surface area contributed by atoms with Crippen LogP contribution in [0.2, 0.25) is 0 Å². The van der Waals surface area contributed by atoms with Crippen molar-refractivity contribution in [3.8, 4) is 11.8 Å². The Kier molecular flexibility index (Phi) is 8.22. The summed E-state index contributed by atoms with van der Waals surface area (Å²) in [5, 5.41) is 9.49. The number of ether oxygens (including phenoxy) is 2. The maximum atomic E-state index is 13.0. The SMILES string of the molecule is CC(c1ccc(OC(F)(F)F)cc1)N1C[C@H](C)N(c2cc(=O)n(C)c3ccc(C#N)nc23)C[C@H]1CN1CCOCC1. The molecule has 12 heteroatoms. The third-order valence-corrected chi connectivity index (χ3v) is 8.04. The van der Waals surface area contributed by atoms with Gasteiger partial charge in [-0.2, -0.15) is 5.26 Å². The maximum Gasteiger partial charge on any atom is 0.573 e. The van der Waals surface area contributed by atoms with Crippen LogP contribution in [0.25, 0.3) is 11.0 Å². The van der Waals surface area contributed by atoms with E-state index in [1.807, 2.05) is 0 Å². The van der Waals surface area contributed by atoms with Crippen LogP contribution in [-0.4, -0.2) is 83.7 Å². The van der Waals surface area contributed by atoms with Gasteiger partial charge in [0.2, 0.25) is 0 Å². The van der Waals surface area contributed by atoms with Crippen LogP contribution in [0.5, 0.6) is 5.75 Å². The molecule has 2 aromatic heterocycles. The number of halogens is 3. The second kappa shape index (κ2) is 11.7. The van der Waals surface area contributed by atoms with Gasteiger partial charge in [0, 0.05) is 64.0 Å². The molecule has 0 saturated carbocycles. The zero-order chi connectivity index (χ0) is 29.3. The minimum Gasteiger partial charge on any atom is -0.406 e. The van der Waals surface area contributed by atoms with E-state index in [1.54, 1.807) is 37.4 Å². The van der Waals surface area contributed by atoms with Crippen molar-refractivity contribution in [1.29, 1.82) is 5.26 Å². The van der Waals surface area contributed by atoms with E-state index in [-0.39, 0.29) is 35.1 Å². The molecule has 2 aliphatic heterocycles. The second-order valence-corrected chi connectivity index (χ2v) is 10.7. The van der Waals surface area contributed by atoms with Gasteiger partial charge in [0.05, 0.1) is 24.4 Å². The minimum atomic E-state index is -4.74. The lowest BCUT2D eigenvalue weighted by Gasteiger charge is -2.50. The molecular formula is C29H33F3N6O3. The van der Waals surface area contributed by atoms with Crippen LogP contribution in [0.3, 0.4) is 0 Å². The monoisotopic (exact) mass is 570 g/mol. The molecule has 2 aliphatic rings. The van der Waals surface area contributed by atoms with Crippen LogP contribution in [0.15, 0.2) is 47.3 Å². The Labute approximate surface area is 236 Å². The molecule has 5 rings (SSSR count). The Balaban J connectivity index is 1.48. The highest BCUT2D eigenvalue weighted by molar-refractivity contribution is 5.89. The van der Waals surface area contributed by atoms with E-state index in [2.05, 4.69) is 44.3 Å². The number of morpholine rings is 1. The number of nitrogens with zero attached hydrogens (tertiary/aromatic N) is 6. The van der Waals surface area contributed by atoms with Crippen molar-refractivity contribution in [2.75, 3.05) is 50.8 Å². The molecule has 0 bridgehead atoms. The minimum absolute atomic E-state index is 0.0194. The van der Waals surface area contributed by atoms with Crippen molar-refractivity contribution < 1.29 is 22.6 Å².